The number of aryl methyl sites for hydroxylation is 2. The van der Waals surface area contributed by atoms with Crippen LogP contribution in [0, 0.1) is 25.2 Å². The standard InChI is InChI=1S/C15H15N3O5S/c1-4-21-15(20)12-10(9(5-16)13(17)24-12)6-22-14(19)11-7(2)18-23-8(11)3/h4,6,17H2,1-3H3. The highest BCUT2D eigenvalue weighted by molar-refractivity contribution is 7.18. The Hall–Kier alpha value is -2.86. The lowest BCUT2D eigenvalue weighted by Crippen LogP contribution is -2.11. The van der Waals surface area contributed by atoms with Gasteiger partial charge in [0.1, 0.15) is 33.9 Å². The first-order valence-electron chi connectivity index (χ1n) is 6.99. The van der Waals surface area contributed by atoms with Crippen molar-refractivity contribution < 1.29 is 23.6 Å². The van der Waals surface area contributed by atoms with Crippen LogP contribution in [-0.2, 0) is 16.1 Å². The number of ether oxygens (including phenoxy) is 2. The zero-order valence-electron chi connectivity index (χ0n) is 13.3. The zero-order valence-corrected chi connectivity index (χ0v) is 14.2. The number of nitriles is 1. The molecule has 126 valence electrons. The van der Waals surface area contributed by atoms with Gasteiger partial charge in [-0.05, 0) is 20.8 Å². The molecule has 0 aliphatic carbocycles. The summed E-state index contributed by atoms with van der Waals surface area (Å²) in [6.07, 6.45) is 0. The quantitative estimate of drug-likeness (QED) is 0.814. The first-order chi connectivity index (χ1) is 11.4. The van der Waals surface area contributed by atoms with Crippen LogP contribution in [0.15, 0.2) is 4.52 Å². The second kappa shape index (κ2) is 7.14. The summed E-state index contributed by atoms with van der Waals surface area (Å²) in [5.74, 6) is -0.942. The Balaban J connectivity index is 2.27. The SMILES string of the molecule is CCOC(=O)c1sc(N)c(C#N)c1COC(=O)c1c(C)noc1C. The number of hydrogen-bond acceptors (Lipinski definition) is 9. The van der Waals surface area contributed by atoms with Gasteiger partial charge in [0, 0.05) is 5.56 Å². The van der Waals surface area contributed by atoms with Gasteiger partial charge in [-0.2, -0.15) is 5.26 Å². The van der Waals surface area contributed by atoms with Gasteiger partial charge in [0.15, 0.2) is 0 Å². The number of carbonyl (C=O) groups is 2. The van der Waals surface area contributed by atoms with E-state index in [4.69, 9.17) is 19.7 Å². The lowest BCUT2D eigenvalue weighted by molar-refractivity contribution is 0.0450. The molecule has 0 aromatic carbocycles. The molecule has 24 heavy (non-hydrogen) atoms. The highest BCUT2D eigenvalue weighted by Crippen LogP contribution is 2.32. The van der Waals surface area contributed by atoms with Crippen LogP contribution >= 0.6 is 11.3 Å². The van der Waals surface area contributed by atoms with E-state index in [9.17, 15) is 14.9 Å². The molecule has 2 aromatic heterocycles. The second-order valence-electron chi connectivity index (χ2n) is 4.76. The van der Waals surface area contributed by atoms with Gasteiger partial charge in [0.2, 0.25) is 0 Å². The molecule has 0 fully saturated rings. The molecule has 2 rings (SSSR count). The Bertz CT molecular complexity index is 812. The summed E-state index contributed by atoms with van der Waals surface area (Å²) in [5.41, 5.74) is 6.71. The predicted molar refractivity (Wildman–Crippen MR) is 84.5 cm³/mol. The predicted octanol–water partition coefficient (Wildman–Crippen LogP) is 2.34. The Morgan fingerprint density at radius 2 is 2.04 bits per heavy atom. The Morgan fingerprint density at radius 3 is 2.58 bits per heavy atom. The number of nitrogen functional groups attached to an aromatic ring is 1. The van der Waals surface area contributed by atoms with Crippen molar-refractivity contribution in [1.29, 1.82) is 5.26 Å². The van der Waals surface area contributed by atoms with Crippen LogP contribution in [0.2, 0.25) is 0 Å². The van der Waals surface area contributed by atoms with E-state index < -0.39 is 11.9 Å². The van der Waals surface area contributed by atoms with E-state index in [0.29, 0.717) is 11.5 Å². The molecule has 9 heteroatoms. The molecule has 0 spiro atoms. The highest BCUT2D eigenvalue weighted by Gasteiger charge is 2.25. The van der Waals surface area contributed by atoms with E-state index in [1.807, 2.05) is 6.07 Å². The summed E-state index contributed by atoms with van der Waals surface area (Å²) in [7, 11) is 0. The lowest BCUT2D eigenvalue weighted by atomic mass is 10.1. The average molecular weight is 349 g/mol. The van der Waals surface area contributed by atoms with Gasteiger partial charge in [-0.1, -0.05) is 5.16 Å². The molecule has 2 N–H and O–H groups in total. The Morgan fingerprint density at radius 1 is 1.33 bits per heavy atom. The normalized spacial score (nSPS) is 10.2. The Kier molecular flexibility index (Phi) is 5.21. The van der Waals surface area contributed by atoms with Gasteiger partial charge in [-0.15, -0.1) is 11.3 Å². The molecule has 0 saturated heterocycles. The third-order valence-corrected chi connectivity index (χ3v) is 4.23. The van der Waals surface area contributed by atoms with Crippen LogP contribution in [0.5, 0.6) is 0 Å². The number of anilines is 1. The molecule has 0 saturated carbocycles. The first kappa shape index (κ1) is 17.5. The van der Waals surface area contributed by atoms with Gasteiger partial charge in [0.05, 0.1) is 17.9 Å². The van der Waals surface area contributed by atoms with Gasteiger partial charge in [0.25, 0.3) is 0 Å². The van der Waals surface area contributed by atoms with Gasteiger partial charge in [-0.25, -0.2) is 9.59 Å². The molecule has 0 aliphatic heterocycles. The molecular weight excluding hydrogens is 334 g/mol. The molecule has 0 amide bonds. The topological polar surface area (TPSA) is 128 Å². The number of nitrogens with two attached hydrogens (primary N) is 1. The van der Waals surface area contributed by atoms with Crippen molar-refractivity contribution in [3.63, 3.8) is 0 Å². The zero-order chi connectivity index (χ0) is 17.9. The van der Waals surface area contributed by atoms with Gasteiger partial charge >= 0.3 is 11.9 Å². The number of hydrogen-bond donors (Lipinski definition) is 1. The molecule has 0 radical (unpaired) electrons. The highest BCUT2D eigenvalue weighted by atomic mass is 32.1. The maximum Gasteiger partial charge on any atom is 0.348 e. The van der Waals surface area contributed by atoms with E-state index in [-0.39, 0.29) is 39.8 Å². The third kappa shape index (κ3) is 3.23. The van der Waals surface area contributed by atoms with E-state index in [1.54, 1.807) is 20.8 Å². The first-order valence-corrected chi connectivity index (χ1v) is 7.80. The molecule has 2 aromatic rings. The fourth-order valence-corrected chi connectivity index (χ4v) is 3.01. The van der Waals surface area contributed by atoms with E-state index in [2.05, 4.69) is 5.16 Å². The number of nitrogens with zero attached hydrogens (tertiary/aromatic N) is 2. The molecule has 0 aliphatic rings. The van der Waals surface area contributed by atoms with Crippen LogP contribution in [-0.4, -0.2) is 23.7 Å². The lowest BCUT2D eigenvalue weighted by Gasteiger charge is -2.06. The molecule has 0 unspecified atom stereocenters. The van der Waals surface area contributed by atoms with Crippen molar-refractivity contribution in [2.45, 2.75) is 27.4 Å². The maximum absolute atomic E-state index is 12.2. The minimum absolute atomic E-state index is 0.106. The van der Waals surface area contributed by atoms with Gasteiger partial charge < -0.3 is 19.7 Å². The van der Waals surface area contributed by atoms with Crippen LogP contribution in [0.25, 0.3) is 0 Å². The summed E-state index contributed by atoms with van der Waals surface area (Å²) in [6, 6.07) is 1.92. The van der Waals surface area contributed by atoms with E-state index in [1.165, 1.54) is 0 Å². The summed E-state index contributed by atoms with van der Waals surface area (Å²) < 4.78 is 15.1. The fraction of sp³-hybridized carbons (Fsp3) is 0.333. The number of rotatable bonds is 5. The van der Waals surface area contributed by atoms with Crippen molar-refractivity contribution in [1.82, 2.24) is 5.16 Å². The fourth-order valence-electron chi connectivity index (χ4n) is 2.09. The molecular formula is C15H15N3O5S. The minimum atomic E-state index is -0.658. The number of carbonyl (C=O) groups excluding carboxylic acids is 2. The molecule has 8 nitrogen and oxygen atoms in total. The number of esters is 2. The number of thiophene rings is 1. The van der Waals surface area contributed by atoms with Crippen molar-refractivity contribution in [2.75, 3.05) is 12.3 Å². The van der Waals surface area contributed by atoms with E-state index >= 15 is 0 Å². The molecule has 0 atom stereocenters. The van der Waals surface area contributed by atoms with Crippen LogP contribution < -0.4 is 5.73 Å². The summed E-state index contributed by atoms with van der Waals surface area (Å²) >= 11 is 0.928. The van der Waals surface area contributed by atoms with Crippen molar-refractivity contribution in [3.05, 3.63) is 33.0 Å². The van der Waals surface area contributed by atoms with Crippen LogP contribution in [0.1, 0.15) is 49.5 Å². The maximum atomic E-state index is 12.2. The van der Waals surface area contributed by atoms with E-state index in [0.717, 1.165) is 11.3 Å². The van der Waals surface area contributed by atoms with Crippen LogP contribution in [0.4, 0.5) is 5.00 Å². The minimum Gasteiger partial charge on any atom is -0.462 e. The van der Waals surface area contributed by atoms with Gasteiger partial charge in [-0.3, -0.25) is 0 Å². The number of aromatic nitrogens is 1. The molecule has 2 heterocycles. The smallest absolute Gasteiger partial charge is 0.348 e. The largest absolute Gasteiger partial charge is 0.462 e. The average Bonchev–Trinajstić information content (AvgIpc) is 3.04. The van der Waals surface area contributed by atoms with Crippen LogP contribution in [0.3, 0.4) is 0 Å². The summed E-state index contributed by atoms with van der Waals surface area (Å²) in [5, 5.41) is 13.1. The summed E-state index contributed by atoms with van der Waals surface area (Å²) in [4.78, 5) is 24.3. The van der Waals surface area contributed by atoms with Crippen molar-refractivity contribution >= 4 is 28.3 Å². The van der Waals surface area contributed by atoms with Crippen molar-refractivity contribution in [3.8, 4) is 6.07 Å². The monoisotopic (exact) mass is 349 g/mol. The second-order valence-corrected chi connectivity index (χ2v) is 5.81. The third-order valence-electron chi connectivity index (χ3n) is 3.19. The molecule has 0 bridgehead atoms. The van der Waals surface area contributed by atoms with Crippen molar-refractivity contribution in [2.24, 2.45) is 0 Å². The summed E-state index contributed by atoms with van der Waals surface area (Å²) in [6.45, 7) is 4.76. The Labute approximate surface area is 141 Å².